The van der Waals surface area contributed by atoms with E-state index in [2.05, 4.69) is 27.9 Å². The number of carboxylic acid groups (broad SMARTS) is 1. The van der Waals surface area contributed by atoms with Crippen molar-refractivity contribution in [2.24, 2.45) is 5.92 Å². The van der Waals surface area contributed by atoms with E-state index in [4.69, 9.17) is 9.26 Å². The van der Waals surface area contributed by atoms with E-state index in [0.29, 0.717) is 0 Å². The van der Waals surface area contributed by atoms with Crippen LogP contribution in [0.1, 0.15) is 53.6 Å². The number of amides is 2. The van der Waals surface area contributed by atoms with E-state index in [1.54, 1.807) is 0 Å². The molecule has 0 aliphatic heterocycles. The van der Waals surface area contributed by atoms with Crippen molar-refractivity contribution in [3.8, 4) is 11.1 Å². The number of ether oxygens (including phenoxy) is 1. The van der Waals surface area contributed by atoms with Crippen molar-refractivity contribution < 1.29 is 28.8 Å². The molecule has 1 aromatic heterocycles. The Hall–Kier alpha value is -4.14. The van der Waals surface area contributed by atoms with Crippen LogP contribution in [0.5, 0.6) is 0 Å². The average molecular weight is 478 g/mol. The number of benzene rings is 2. The normalized spacial score (nSPS) is 13.1. The van der Waals surface area contributed by atoms with Crippen LogP contribution < -0.4 is 10.6 Å². The van der Waals surface area contributed by atoms with Gasteiger partial charge >= 0.3 is 12.1 Å². The smallest absolute Gasteiger partial charge is 0.407 e. The van der Waals surface area contributed by atoms with Gasteiger partial charge in [0.05, 0.1) is 6.54 Å². The molecule has 182 valence electrons. The second kappa shape index (κ2) is 10.4. The third kappa shape index (κ3) is 5.51. The Kier molecular flexibility index (Phi) is 7.14. The Morgan fingerprint density at radius 3 is 2.29 bits per heavy atom. The summed E-state index contributed by atoms with van der Waals surface area (Å²) in [5, 5.41) is 18.0. The Labute approximate surface area is 202 Å². The van der Waals surface area contributed by atoms with Crippen LogP contribution in [0.4, 0.5) is 4.79 Å². The topological polar surface area (TPSA) is 131 Å². The number of hydrogen-bond acceptors (Lipinski definition) is 6. The third-order valence-corrected chi connectivity index (χ3v) is 5.85. The lowest BCUT2D eigenvalue weighted by atomic mass is 9.98. The van der Waals surface area contributed by atoms with Crippen molar-refractivity contribution in [3.63, 3.8) is 0 Å². The highest BCUT2D eigenvalue weighted by molar-refractivity contribution is 5.94. The monoisotopic (exact) mass is 477 g/mol. The molecule has 2 amide bonds. The highest BCUT2D eigenvalue weighted by Gasteiger charge is 2.29. The Bertz CT molecular complexity index is 1190. The first-order chi connectivity index (χ1) is 16.8. The number of hydrogen-bond donors (Lipinski definition) is 3. The maximum atomic E-state index is 12.3. The molecule has 1 unspecified atom stereocenters. The lowest BCUT2D eigenvalue weighted by Gasteiger charge is -2.15. The molecule has 0 spiro atoms. The third-order valence-electron chi connectivity index (χ3n) is 5.85. The summed E-state index contributed by atoms with van der Waals surface area (Å²) in [5.74, 6) is -1.51. The van der Waals surface area contributed by atoms with E-state index >= 15 is 0 Å². The van der Waals surface area contributed by atoms with Crippen molar-refractivity contribution in [3.05, 3.63) is 77.2 Å². The number of alkyl carbamates (subject to hydrolysis) is 1. The van der Waals surface area contributed by atoms with E-state index in [1.807, 2.05) is 50.2 Å². The van der Waals surface area contributed by atoms with Gasteiger partial charge in [0, 0.05) is 12.0 Å². The van der Waals surface area contributed by atoms with Crippen LogP contribution in [-0.2, 0) is 16.1 Å². The maximum absolute atomic E-state index is 12.3. The number of aliphatic carboxylic acids is 1. The SMILES string of the molecule is CC(C)CC(NC(=O)c1cc(CNC(=O)OCC2c3ccccc3-c3ccccc32)on1)C(=O)O. The molecule has 3 aromatic rings. The summed E-state index contributed by atoms with van der Waals surface area (Å²) in [6.07, 6.45) is -0.341. The molecule has 4 rings (SSSR count). The molecule has 3 N–H and O–H groups in total. The summed E-state index contributed by atoms with van der Waals surface area (Å²) in [6, 6.07) is 16.5. The fourth-order valence-electron chi connectivity index (χ4n) is 4.24. The number of fused-ring (bicyclic) bond motifs is 3. The molecule has 0 bridgehead atoms. The molecule has 1 aliphatic rings. The molecule has 9 nitrogen and oxygen atoms in total. The van der Waals surface area contributed by atoms with Gasteiger partial charge in [-0.1, -0.05) is 67.5 Å². The number of nitrogens with zero attached hydrogens (tertiary/aromatic N) is 1. The second-order valence-corrected chi connectivity index (χ2v) is 8.85. The lowest BCUT2D eigenvalue weighted by molar-refractivity contribution is -0.139. The van der Waals surface area contributed by atoms with Crippen molar-refractivity contribution in [2.45, 2.75) is 38.8 Å². The van der Waals surface area contributed by atoms with Crippen LogP contribution in [0.3, 0.4) is 0 Å². The van der Waals surface area contributed by atoms with Gasteiger partial charge in [0.2, 0.25) is 0 Å². The number of carboxylic acids is 1. The Morgan fingerprint density at radius 1 is 1.06 bits per heavy atom. The Balaban J connectivity index is 1.30. The fourth-order valence-corrected chi connectivity index (χ4v) is 4.24. The van der Waals surface area contributed by atoms with Crippen LogP contribution in [-0.4, -0.2) is 40.9 Å². The minimum atomic E-state index is -1.12. The van der Waals surface area contributed by atoms with Crippen molar-refractivity contribution in [1.29, 1.82) is 0 Å². The van der Waals surface area contributed by atoms with Gasteiger partial charge in [-0.05, 0) is 34.6 Å². The first-order valence-corrected chi connectivity index (χ1v) is 11.4. The van der Waals surface area contributed by atoms with E-state index in [-0.39, 0.29) is 42.9 Å². The maximum Gasteiger partial charge on any atom is 0.407 e. The summed E-state index contributed by atoms with van der Waals surface area (Å²) in [5.41, 5.74) is 4.45. The number of rotatable bonds is 9. The fraction of sp³-hybridized carbons (Fsp3) is 0.308. The Morgan fingerprint density at radius 2 is 1.69 bits per heavy atom. The average Bonchev–Trinajstić information content (AvgIpc) is 3.44. The first kappa shape index (κ1) is 24.0. The van der Waals surface area contributed by atoms with E-state index in [9.17, 15) is 19.5 Å². The number of carbonyl (C=O) groups excluding carboxylic acids is 2. The number of carbonyl (C=O) groups is 3. The minimum absolute atomic E-state index is 0.0364. The zero-order chi connectivity index (χ0) is 24.9. The standard InChI is InChI=1S/C26H27N3O6/c1-15(2)11-23(25(31)32)28-24(30)22-12-16(35-29-22)13-27-26(33)34-14-21-19-9-5-3-7-17(19)18-8-4-6-10-20(18)21/h3-10,12,15,21,23H,11,13-14H2,1-2H3,(H,27,33)(H,28,30)(H,31,32). The number of aromatic nitrogens is 1. The summed E-state index contributed by atoms with van der Waals surface area (Å²) >= 11 is 0. The summed E-state index contributed by atoms with van der Waals surface area (Å²) in [6.45, 7) is 3.87. The van der Waals surface area contributed by atoms with Crippen molar-refractivity contribution in [2.75, 3.05) is 6.61 Å². The predicted molar refractivity (Wildman–Crippen MR) is 127 cm³/mol. The summed E-state index contributed by atoms with van der Waals surface area (Å²) < 4.78 is 10.6. The molecule has 1 aliphatic carbocycles. The van der Waals surface area contributed by atoms with Gasteiger partial charge < -0.3 is 25.0 Å². The molecule has 9 heteroatoms. The van der Waals surface area contributed by atoms with Crippen LogP contribution in [0.25, 0.3) is 11.1 Å². The molecular weight excluding hydrogens is 450 g/mol. The second-order valence-electron chi connectivity index (χ2n) is 8.85. The summed E-state index contributed by atoms with van der Waals surface area (Å²) in [4.78, 5) is 36.0. The molecule has 35 heavy (non-hydrogen) atoms. The van der Waals surface area contributed by atoms with Crippen molar-refractivity contribution >= 4 is 18.0 Å². The molecule has 0 saturated heterocycles. The van der Waals surface area contributed by atoms with Crippen LogP contribution in [0.2, 0.25) is 0 Å². The van der Waals surface area contributed by atoms with E-state index in [1.165, 1.54) is 6.07 Å². The molecule has 1 atom stereocenters. The van der Waals surface area contributed by atoms with Crippen molar-refractivity contribution in [1.82, 2.24) is 15.8 Å². The van der Waals surface area contributed by atoms with Gasteiger partial charge in [0.1, 0.15) is 12.6 Å². The zero-order valence-corrected chi connectivity index (χ0v) is 19.5. The predicted octanol–water partition coefficient (Wildman–Crippen LogP) is 3.94. The molecule has 0 radical (unpaired) electrons. The van der Waals surface area contributed by atoms with Gasteiger partial charge in [0.15, 0.2) is 11.5 Å². The molecule has 1 heterocycles. The molecule has 2 aromatic carbocycles. The summed E-state index contributed by atoms with van der Waals surface area (Å²) in [7, 11) is 0. The van der Waals surface area contributed by atoms with E-state index < -0.39 is 24.0 Å². The quantitative estimate of drug-likeness (QED) is 0.425. The van der Waals surface area contributed by atoms with Gasteiger partial charge in [0.25, 0.3) is 5.91 Å². The zero-order valence-electron chi connectivity index (χ0n) is 19.5. The van der Waals surface area contributed by atoms with Gasteiger partial charge in [-0.25, -0.2) is 9.59 Å². The van der Waals surface area contributed by atoms with Crippen LogP contribution in [0, 0.1) is 5.92 Å². The highest BCUT2D eigenvalue weighted by atomic mass is 16.5. The molecular formula is C26H27N3O6. The van der Waals surface area contributed by atoms with Gasteiger partial charge in [-0.2, -0.15) is 0 Å². The lowest BCUT2D eigenvalue weighted by Crippen LogP contribution is -2.41. The molecule has 0 fully saturated rings. The van der Waals surface area contributed by atoms with E-state index in [0.717, 1.165) is 22.3 Å². The number of nitrogens with one attached hydrogen (secondary N) is 2. The van der Waals surface area contributed by atoms with Gasteiger partial charge in [-0.15, -0.1) is 0 Å². The van der Waals surface area contributed by atoms with Crippen LogP contribution >= 0.6 is 0 Å². The van der Waals surface area contributed by atoms with Crippen LogP contribution in [0.15, 0.2) is 59.1 Å². The minimum Gasteiger partial charge on any atom is -0.480 e. The van der Waals surface area contributed by atoms with Gasteiger partial charge in [-0.3, -0.25) is 4.79 Å². The highest BCUT2D eigenvalue weighted by Crippen LogP contribution is 2.44. The molecule has 0 saturated carbocycles. The largest absolute Gasteiger partial charge is 0.480 e. The first-order valence-electron chi connectivity index (χ1n) is 11.4.